The van der Waals surface area contributed by atoms with Crippen molar-refractivity contribution in [1.82, 2.24) is 24.1 Å². The second-order valence-electron chi connectivity index (χ2n) is 7.87. The number of benzene rings is 1. The highest BCUT2D eigenvalue weighted by Gasteiger charge is 2.21. The second-order valence-corrected chi connectivity index (χ2v) is 8.28. The lowest BCUT2D eigenvalue weighted by Gasteiger charge is -2.25. The number of nitrogens with two attached hydrogens (primary N) is 1. The molecular weight excluding hydrogens is 431 g/mol. The molecular formula is C23H24ClFN6O. The lowest BCUT2D eigenvalue weighted by molar-refractivity contribution is -0.106. The third-order valence-corrected chi connectivity index (χ3v) is 6.10. The fourth-order valence-electron chi connectivity index (χ4n) is 3.89. The van der Waals surface area contributed by atoms with Crippen molar-refractivity contribution >= 4 is 23.7 Å². The minimum Gasteiger partial charge on any atom is -0.372 e. The van der Waals surface area contributed by atoms with E-state index in [-0.39, 0.29) is 11.4 Å². The van der Waals surface area contributed by atoms with E-state index in [1.807, 2.05) is 29.9 Å². The molecule has 9 heteroatoms. The van der Waals surface area contributed by atoms with Gasteiger partial charge in [0, 0.05) is 12.1 Å². The zero-order valence-corrected chi connectivity index (χ0v) is 18.5. The van der Waals surface area contributed by atoms with Gasteiger partial charge in [0.25, 0.3) is 0 Å². The van der Waals surface area contributed by atoms with E-state index in [1.165, 1.54) is 25.3 Å². The highest BCUT2D eigenvalue weighted by atomic mass is 35.5. The normalized spacial score (nSPS) is 13.5. The summed E-state index contributed by atoms with van der Waals surface area (Å²) in [7, 11) is 0. The van der Waals surface area contributed by atoms with Crippen LogP contribution >= 0.6 is 11.6 Å². The Hall–Kier alpha value is -3.26. The van der Waals surface area contributed by atoms with Crippen molar-refractivity contribution in [2.75, 3.05) is 0 Å². The molecule has 1 aromatic carbocycles. The van der Waals surface area contributed by atoms with Crippen molar-refractivity contribution < 1.29 is 9.18 Å². The van der Waals surface area contributed by atoms with Crippen LogP contribution in [0.2, 0.25) is 5.02 Å². The van der Waals surface area contributed by atoms with E-state index in [9.17, 15) is 4.39 Å². The molecule has 7 nitrogen and oxygen atoms in total. The van der Waals surface area contributed by atoms with Crippen LogP contribution in [0.3, 0.4) is 0 Å². The number of imidazole rings is 2. The van der Waals surface area contributed by atoms with E-state index in [2.05, 4.69) is 20.3 Å². The average Bonchev–Trinajstić information content (AvgIpc) is 3.33. The first-order valence-electron chi connectivity index (χ1n) is 10.5. The molecule has 1 saturated carbocycles. The third-order valence-electron chi connectivity index (χ3n) is 5.81. The number of aryl methyl sites for hydroxylation is 2. The van der Waals surface area contributed by atoms with Crippen molar-refractivity contribution in [2.45, 2.75) is 39.2 Å². The molecule has 0 bridgehead atoms. The Kier molecular flexibility index (Phi) is 6.50. The lowest BCUT2D eigenvalue weighted by Crippen LogP contribution is -2.14. The fraction of sp³-hybridized carbons (Fsp3) is 0.304. The molecule has 0 aliphatic heterocycles. The molecule has 1 fully saturated rings. The van der Waals surface area contributed by atoms with Crippen LogP contribution in [0.15, 0.2) is 42.9 Å². The zero-order valence-electron chi connectivity index (χ0n) is 17.7. The van der Waals surface area contributed by atoms with E-state index < -0.39 is 5.82 Å². The number of amides is 1. The van der Waals surface area contributed by atoms with Gasteiger partial charge in [-0.3, -0.25) is 4.79 Å². The van der Waals surface area contributed by atoms with Crippen molar-refractivity contribution in [2.24, 2.45) is 11.7 Å². The van der Waals surface area contributed by atoms with Crippen molar-refractivity contribution in [3.05, 3.63) is 59.4 Å². The topological polar surface area (TPSA) is 91.1 Å². The van der Waals surface area contributed by atoms with Crippen molar-refractivity contribution in [3.63, 3.8) is 0 Å². The highest BCUT2D eigenvalue weighted by Crippen LogP contribution is 2.34. The van der Waals surface area contributed by atoms with Gasteiger partial charge in [-0.1, -0.05) is 30.9 Å². The van der Waals surface area contributed by atoms with Gasteiger partial charge in [0.15, 0.2) is 5.65 Å². The largest absolute Gasteiger partial charge is 0.372 e. The average molecular weight is 455 g/mol. The summed E-state index contributed by atoms with van der Waals surface area (Å²) >= 11 is 6.04. The van der Waals surface area contributed by atoms with Gasteiger partial charge in [0.05, 0.1) is 34.6 Å². The van der Waals surface area contributed by atoms with Crippen LogP contribution in [0.1, 0.15) is 31.4 Å². The molecule has 0 unspecified atom stereocenters. The maximum atomic E-state index is 13.7. The number of hydrogen-bond acceptors (Lipinski definition) is 4. The molecule has 32 heavy (non-hydrogen) atoms. The highest BCUT2D eigenvalue weighted by molar-refractivity contribution is 6.31. The molecule has 4 aromatic rings. The van der Waals surface area contributed by atoms with E-state index in [4.69, 9.17) is 21.5 Å². The number of nitrogens with zero attached hydrogens (tertiary/aromatic N) is 5. The van der Waals surface area contributed by atoms with Gasteiger partial charge in [-0.05, 0) is 49.6 Å². The number of carbonyl (C=O) groups excluding carboxylic acids is 1. The van der Waals surface area contributed by atoms with Crippen molar-refractivity contribution in [1.29, 1.82) is 0 Å². The van der Waals surface area contributed by atoms with Gasteiger partial charge in [-0.25, -0.2) is 18.9 Å². The Morgan fingerprint density at radius 2 is 2.03 bits per heavy atom. The minimum atomic E-state index is -0.435. The summed E-state index contributed by atoms with van der Waals surface area (Å²) in [4.78, 5) is 17.6. The van der Waals surface area contributed by atoms with Crippen LogP contribution in [0, 0.1) is 18.7 Å². The van der Waals surface area contributed by atoms with Gasteiger partial charge < -0.3 is 10.3 Å². The number of hydrogen-bond donors (Lipinski definition) is 1. The molecule has 1 amide bonds. The van der Waals surface area contributed by atoms with E-state index in [0.717, 1.165) is 52.9 Å². The van der Waals surface area contributed by atoms with Gasteiger partial charge in [0.1, 0.15) is 11.5 Å². The molecule has 1 aliphatic rings. The van der Waals surface area contributed by atoms with E-state index >= 15 is 0 Å². The standard InChI is InChI=1S/C22H21ClFN5.CH3NO/c1-14-12-25-20-8-7-19(27-29(14)20)22-21(16-5-6-18(24)17(23)11-16)26-13-28(22)10-9-15-3-2-4-15;2-1-3/h5-8,11-13,15H,2-4,9-10H2,1H3;1H,(H2,2,3). The van der Waals surface area contributed by atoms with Crippen LogP contribution in [0.4, 0.5) is 4.39 Å². The Bertz CT molecular complexity index is 1250. The molecule has 2 N–H and O–H groups in total. The molecule has 0 saturated heterocycles. The monoisotopic (exact) mass is 454 g/mol. The number of primary amides is 1. The van der Waals surface area contributed by atoms with Crippen LogP contribution < -0.4 is 5.73 Å². The molecule has 0 atom stereocenters. The van der Waals surface area contributed by atoms with Crippen LogP contribution in [-0.2, 0) is 11.3 Å². The summed E-state index contributed by atoms with van der Waals surface area (Å²) in [5.41, 5.74) is 9.19. The summed E-state index contributed by atoms with van der Waals surface area (Å²) in [6.45, 7) is 2.86. The second kappa shape index (κ2) is 9.48. The summed E-state index contributed by atoms with van der Waals surface area (Å²) in [6, 6.07) is 8.64. The van der Waals surface area contributed by atoms with Gasteiger partial charge in [-0.15, -0.1) is 0 Å². The Morgan fingerprint density at radius 1 is 1.25 bits per heavy atom. The summed E-state index contributed by atoms with van der Waals surface area (Å²) in [5, 5.41) is 4.90. The summed E-state index contributed by atoms with van der Waals surface area (Å²) in [6.07, 6.45) is 8.98. The fourth-order valence-corrected chi connectivity index (χ4v) is 4.07. The molecule has 0 spiro atoms. The maximum absolute atomic E-state index is 13.7. The quantitative estimate of drug-likeness (QED) is 0.444. The van der Waals surface area contributed by atoms with Crippen LogP contribution in [0.25, 0.3) is 28.3 Å². The molecule has 1 aliphatic carbocycles. The van der Waals surface area contributed by atoms with E-state index in [0.29, 0.717) is 0 Å². The first-order chi connectivity index (χ1) is 15.5. The Morgan fingerprint density at radius 3 is 2.72 bits per heavy atom. The summed E-state index contributed by atoms with van der Waals surface area (Å²) in [5.74, 6) is 0.357. The molecule has 5 rings (SSSR count). The summed E-state index contributed by atoms with van der Waals surface area (Å²) < 4.78 is 17.7. The first kappa shape index (κ1) is 22.0. The van der Waals surface area contributed by atoms with Gasteiger partial charge in [-0.2, -0.15) is 5.10 Å². The first-order valence-corrected chi connectivity index (χ1v) is 10.9. The number of aromatic nitrogens is 5. The smallest absolute Gasteiger partial charge is 0.204 e. The Balaban J connectivity index is 0.000000775. The predicted molar refractivity (Wildman–Crippen MR) is 122 cm³/mol. The van der Waals surface area contributed by atoms with Crippen molar-refractivity contribution in [3.8, 4) is 22.6 Å². The number of rotatable bonds is 5. The molecule has 0 radical (unpaired) electrons. The number of halogens is 2. The number of carbonyl (C=O) groups is 1. The number of fused-ring (bicyclic) bond motifs is 1. The van der Waals surface area contributed by atoms with E-state index in [1.54, 1.807) is 18.3 Å². The maximum Gasteiger partial charge on any atom is 0.204 e. The van der Waals surface area contributed by atoms with Crippen LogP contribution in [0.5, 0.6) is 0 Å². The van der Waals surface area contributed by atoms with Crippen LogP contribution in [-0.4, -0.2) is 30.6 Å². The minimum absolute atomic E-state index is 0.0892. The molecule has 3 heterocycles. The van der Waals surface area contributed by atoms with Gasteiger partial charge >= 0.3 is 0 Å². The molecule has 166 valence electrons. The SMILES string of the molecule is Cc1cnc2ccc(-c3c(-c4ccc(F)c(Cl)c4)ncn3CCC3CCC3)nn12.NC=O. The Labute approximate surface area is 190 Å². The zero-order chi connectivity index (χ0) is 22.7. The molecule has 3 aromatic heterocycles. The lowest BCUT2D eigenvalue weighted by atomic mass is 9.83. The third kappa shape index (κ3) is 4.36. The predicted octanol–water partition coefficient (Wildman–Crippen LogP) is 4.65. The van der Waals surface area contributed by atoms with Gasteiger partial charge in [0.2, 0.25) is 6.41 Å².